The third-order valence-corrected chi connectivity index (χ3v) is 5.55. The Bertz CT molecular complexity index is 1160. The summed E-state index contributed by atoms with van der Waals surface area (Å²) in [7, 11) is 3.66. The van der Waals surface area contributed by atoms with Gasteiger partial charge in [-0.25, -0.2) is 0 Å². The maximum absolute atomic E-state index is 11.5. The molecule has 1 N–H and O–H groups in total. The van der Waals surface area contributed by atoms with Crippen molar-refractivity contribution >= 4 is 11.6 Å². The number of aromatic nitrogens is 4. The molecular formula is C21H22N6O4. The van der Waals surface area contributed by atoms with Gasteiger partial charge >= 0.3 is 0 Å². The molecule has 2 aliphatic rings. The molecule has 1 atom stereocenters. The topological polar surface area (TPSA) is 104 Å². The molecule has 0 bridgehead atoms. The van der Waals surface area contributed by atoms with Crippen molar-refractivity contribution in [3.05, 3.63) is 47.3 Å². The highest BCUT2D eigenvalue weighted by atomic mass is 16.7. The Morgan fingerprint density at radius 1 is 1.29 bits per heavy atom. The van der Waals surface area contributed by atoms with Crippen molar-refractivity contribution in [2.75, 3.05) is 32.8 Å². The molecule has 31 heavy (non-hydrogen) atoms. The van der Waals surface area contributed by atoms with Gasteiger partial charge in [-0.1, -0.05) is 6.07 Å². The second-order valence-electron chi connectivity index (χ2n) is 7.53. The average Bonchev–Trinajstić information content (AvgIpc) is 3.41. The number of fused-ring (bicyclic) bond motifs is 2. The molecule has 3 aromatic rings. The molecule has 0 fully saturated rings. The fraction of sp³-hybridized carbons (Fsp3) is 0.333. The van der Waals surface area contributed by atoms with Crippen LogP contribution < -0.4 is 19.5 Å². The van der Waals surface area contributed by atoms with E-state index in [0.717, 1.165) is 29.8 Å². The molecule has 0 spiro atoms. The van der Waals surface area contributed by atoms with E-state index in [1.54, 1.807) is 11.8 Å². The van der Waals surface area contributed by atoms with Crippen molar-refractivity contribution in [2.24, 2.45) is 0 Å². The Labute approximate surface area is 178 Å². The number of carbonyl (C=O) groups is 1. The standard InChI is InChI=1S/C21H22N6O4/c1-12(28)22-14-5-4-6-15(10-14)27-21(23-24-25-27)18-17-13(7-8-26(18)2)9-16-19(20(17)29-3)31-11-30-16/h4-6,9-10,18H,7-8,11H2,1-3H3,(H,22,28)/t18-/m0/s1. The molecule has 5 rings (SSSR count). The van der Waals surface area contributed by atoms with Gasteiger partial charge < -0.3 is 19.5 Å². The number of likely N-dealkylation sites (N-methyl/N-ethyl adjacent to an activating group) is 1. The summed E-state index contributed by atoms with van der Waals surface area (Å²) in [5, 5.41) is 15.4. The summed E-state index contributed by atoms with van der Waals surface area (Å²) in [6.45, 7) is 2.46. The largest absolute Gasteiger partial charge is 0.492 e. The Morgan fingerprint density at radius 2 is 2.16 bits per heavy atom. The van der Waals surface area contributed by atoms with Crippen LogP contribution in [0.2, 0.25) is 0 Å². The lowest BCUT2D eigenvalue weighted by Crippen LogP contribution is -2.35. The molecular weight excluding hydrogens is 400 g/mol. The minimum atomic E-state index is -0.257. The van der Waals surface area contributed by atoms with Crippen molar-refractivity contribution in [2.45, 2.75) is 19.4 Å². The molecule has 10 nitrogen and oxygen atoms in total. The van der Waals surface area contributed by atoms with Crippen LogP contribution in [0, 0.1) is 0 Å². The molecule has 0 aliphatic carbocycles. The van der Waals surface area contributed by atoms with E-state index in [1.807, 2.05) is 37.4 Å². The smallest absolute Gasteiger partial charge is 0.231 e. The van der Waals surface area contributed by atoms with Gasteiger partial charge in [0.25, 0.3) is 0 Å². The summed E-state index contributed by atoms with van der Waals surface area (Å²) in [6.07, 6.45) is 0.842. The zero-order valence-corrected chi connectivity index (χ0v) is 17.5. The number of anilines is 1. The van der Waals surface area contributed by atoms with E-state index < -0.39 is 0 Å². The molecule has 2 aliphatic heterocycles. The Kier molecular flexibility index (Phi) is 4.70. The van der Waals surface area contributed by atoms with E-state index in [9.17, 15) is 4.79 Å². The third kappa shape index (κ3) is 3.25. The maximum Gasteiger partial charge on any atom is 0.231 e. The quantitative estimate of drug-likeness (QED) is 0.680. The van der Waals surface area contributed by atoms with Crippen LogP contribution in [-0.2, 0) is 11.2 Å². The predicted molar refractivity (Wildman–Crippen MR) is 111 cm³/mol. The van der Waals surface area contributed by atoms with Crippen molar-refractivity contribution in [1.29, 1.82) is 0 Å². The summed E-state index contributed by atoms with van der Waals surface area (Å²) in [4.78, 5) is 13.7. The molecule has 3 heterocycles. The molecule has 0 unspecified atom stereocenters. The zero-order chi connectivity index (χ0) is 21.5. The van der Waals surface area contributed by atoms with Crippen LogP contribution >= 0.6 is 0 Å². The second-order valence-corrected chi connectivity index (χ2v) is 7.53. The van der Waals surface area contributed by atoms with Crippen molar-refractivity contribution in [1.82, 2.24) is 25.1 Å². The molecule has 0 radical (unpaired) electrons. The van der Waals surface area contributed by atoms with Crippen LogP contribution in [0.5, 0.6) is 17.2 Å². The number of tetrazole rings is 1. The van der Waals surface area contributed by atoms with E-state index in [0.29, 0.717) is 28.8 Å². The molecule has 160 valence electrons. The van der Waals surface area contributed by atoms with Crippen LogP contribution in [0.4, 0.5) is 5.69 Å². The minimum Gasteiger partial charge on any atom is -0.492 e. The number of nitrogens with zero attached hydrogens (tertiary/aromatic N) is 5. The highest BCUT2D eigenvalue weighted by molar-refractivity contribution is 5.88. The molecule has 2 aromatic carbocycles. The summed E-state index contributed by atoms with van der Waals surface area (Å²) in [5.74, 6) is 2.44. The first-order chi connectivity index (χ1) is 15.1. The summed E-state index contributed by atoms with van der Waals surface area (Å²) in [6, 6.07) is 9.16. The van der Waals surface area contributed by atoms with Crippen LogP contribution in [0.3, 0.4) is 0 Å². The summed E-state index contributed by atoms with van der Waals surface area (Å²) < 4.78 is 18.8. The summed E-state index contributed by atoms with van der Waals surface area (Å²) >= 11 is 0. The predicted octanol–water partition coefficient (Wildman–Crippen LogP) is 1.94. The van der Waals surface area contributed by atoms with E-state index >= 15 is 0 Å². The monoisotopic (exact) mass is 422 g/mol. The van der Waals surface area contributed by atoms with Crippen LogP contribution in [-0.4, -0.2) is 58.5 Å². The lowest BCUT2D eigenvalue weighted by atomic mass is 9.90. The number of nitrogens with one attached hydrogen (secondary N) is 1. The normalized spacial score (nSPS) is 17.3. The lowest BCUT2D eigenvalue weighted by molar-refractivity contribution is -0.114. The van der Waals surface area contributed by atoms with Crippen molar-refractivity contribution < 1.29 is 19.0 Å². The molecule has 0 saturated carbocycles. The van der Waals surface area contributed by atoms with Gasteiger partial charge in [0.2, 0.25) is 18.4 Å². The zero-order valence-electron chi connectivity index (χ0n) is 17.5. The number of methoxy groups -OCH3 is 1. The number of carbonyl (C=O) groups excluding carboxylic acids is 1. The molecule has 10 heteroatoms. The minimum absolute atomic E-state index is 0.143. The van der Waals surface area contributed by atoms with Crippen LogP contribution in [0.25, 0.3) is 5.69 Å². The van der Waals surface area contributed by atoms with Gasteiger partial charge in [0, 0.05) is 24.7 Å². The first-order valence-corrected chi connectivity index (χ1v) is 9.92. The number of hydrogen-bond donors (Lipinski definition) is 1. The molecule has 1 aromatic heterocycles. The number of rotatable bonds is 4. The van der Waals surface area contributed by atoms with Gasteiger partial charge in [-0.05, 0) is 53.7 Å². The van der Waals surface area contributed by atoms with Gasteiger partial charge in [0.1, 0.15) is 6.04 Å². The SMILES string of the molecule is COc1c2c(cc3c1[C@@H](c1nnnn1-c1cccc(NC(C)=O)c1)N(C)CC3)OCO2. The van der Waals surface area contributed by atoms with Crippen LogP contribution in [0.1, 0.15) is 29.9 Å². The Morgan fingerprint density at radius 3 is 2.97 bits per heavy atom. The van der Waals surface area contributed by atoms with Crippen LogP contribution in [0.15, 0.2) is 30.3 Å². The van der Waals surface area contributed by atoms with Crippen molar-refractivity contribution in [3.8, 4) is 22.9 Å². The fourth-order valence-corrected chi connectivity index (χ4v) is 4.23. The van der Waals surface area contributed by atoms with E-state index in [-0.39, 0.29) is 18.7 Å². The highest BCUT2D eigenvalue weighted by Crippen LogP contribution is 2.50. The molecule has 0 saturated heterocycles. The fourth-order valence-electron chi connectivity index (χ4n) is 4.23. The molecule has 1 amide bonds. The first-order valence-electron chi connectivity index (χ1n) is 9.92. The van der Waals surface area contributed by atoms with Gasteiger partial charge in [0.05, 0.1) is 12.8 Å². The average molecular weight is 422 g/mol. The number of amides is 1. The number of ether oxygens (including phenoxy) is 3. The Hall–Kier alpha value is -3.66. The third-order valence-electron chi connectivity index (χ3n) is 5.55. The van der Waals surface area contributed by atoms with E-state index in [1.165, 1.54) is 6.92 Å². The van der Waals surface area contributed by atoms with Crippen molar-refractivity contribution in [3.63, 3.8) is 0 Å². The van der Waals surface area contributed by atoms with E-state index in [4.69, 9.17) is 14.2 Å². The van der Waals surface area contributed by atoms with Gasteiger partial charge in [-0.3, -0.25) is 9.69 Å². The number of benzene rings is 2. The first kappa shape index (κ1) is 19.3. The Balaban J connectivity index is 1.64. The van der Waals surface area contributed by atoms with Gasteiger partial charge in [0.15, 0.2) is 17.3 Å². The summed E-state index contributed by atoms with van der Waals surface area (Å²) in [5.41, 5.74) is 3.50. The van der Waals surface area contributed by atoms with Gasteiger partial charge in [-0.2, -0.15) is 4.68 Å². The number of hydrogen-bond acceptors (Lipinski definition) is 8. The highest BCUT2D eigenvalue weighted by Gasteiger charge is 2.37. The van der Waals surface area contributed by atoms with E-state index in [2.05, 4.69) is 25.7 Å². The maximum atomic E-state index is 11.5. The lowest BCUT2D eigenvalue weighted by Gasteiger charge is -2.34. The second kappa shape index (κ2) is 7.55. The van der Waals surface area contributed by atoms with Gasteiger partial charge in [-0.15, -0.1) is 5.10 Å².